The predicted octanol–water partition coefficient (Wildman–Crippen LogP) is 4.65. The van der Waals surface area contributed by atoms with Gasteiger partial charge in [0, 0.05) is 0 Å². The van der Waals surface area contributed by atoms with Crippen molar-refractivity contribution >= 4 is 30.7 Å². The molecule has 4 aromatic rings. The average Bonchev–Trinajstić information content (AvgIpc) is 3.42. The van der Waals surface area contributed by atoms with Crippen molar-refractivity contribution in [3.05, 3.63) is 77.7 Å². The van der Waals surface area contributed by atoms with Crippen molar-refractivity contribution in [2.75, 3.05) is 16.7 Å². The second-order valence-corrected chi connectivity index (χ2v) is 7.89. The van der Waals surface area contributed by atoms with Gasteiger partial charge >= 0.3 is 159 Å². The number of benzene rings is 2. The number of aryl methyl sites for hydroxylation is 1. The van der Waals surface area contributed by atoms with Crippen LogP contribution in [0.1, 0.15) is 30.0 Å². The molecule has 3 heterocycles. The van der Waals surface area contributed by atoms with E-state index in [2.05, 4.69) is 46.7 Å². The van der Waals surface area contributed by atoms with E-state index >= 15 is 0 Å². The fourth-order valence-corrected chi connectivity index (χ4v) is 4.36. The third-order valence-corrected chi connectivity index (χ3v) is 5.92. The number of anilines is 2. The molecule has 1 saturated heterocycles. The summed E-state index contributed by atoms with van der Waals surface area (Å²) in [6.45, 7) is 6.71. The van der Waals surface area contributed by atoms with Crippen molar-refractivity contribution in [2.24, 2.45) is 0 Å². The van der Waals surface area contributed by atoms with E-state index in [-0.39, 0.29) is 11.9 Å². The summed E-state index contributed by atoms with van der Waals surface area (Å²) in [7, 11) is 1.68. The van der Waals surface area contributed by atoms with Crippen molar-refractivity contribution in [2.45, 2.75) is 25.8 Å². The van der Waals surface area contributed by atoms with Crippen LogP contribution in [-0.2, 0) is 0 Å². The van der Waals surface area contributed by atoms with E-state index in [1.165, 1.54) is 6.07 Å². The molecular formula is C24H23BFN5. The Morgan fingerprint density at radius 1 is 1.16 bits per heavy atom. The summed E-state index contributed by atoms with van der Waals surface area (Å²) in [6, 6.07) is 17.2. The zero-order valence-corrected chi connectivity index (χ0v) is 17.4. The fraction of sp³-hybridized carbons (Fsp3) is 0.208. The average molecular weight is 411 g/mol. The van der Waals surface area contributed by atoms with E-state index in [1.807, 2.05) is 28.9 Å². The van der Waals surface area contributed by atoms with Crippen molar-refractivity contribution in [3.8, 4) is 11.3 Å². The molecule has 0 spiro atoms. The Morgan fingerprint density at radius 3 is 2.90 bits per heavy atom. The minimum atomic E-state index is -0.201. The molecule has 1 aliphatic rings. The Balaban J connectivity index is 1.55. The molecule has 1 N–H and O–H groups in total. The first-order chi connectivity index (χ1) is 15.1. The molecule has 0 amide bonds. The molecule has 154 valence electrons. The molecule has 0 saturated carbocycles. The monoisotopic (exact) mass is 411 g/mol. The second-order valence-electron chi connectivity index (χ2n) is 7.89. The summed E-state index contributed by atoms with van der Waals surface area (Å²) in [4.78, 5) is 6.80. The maximum absolute atomic E-state index is 13.8. The molecule has 1 aliphatic heterocycles. The standard InChI is InChI=1S/C24H23BFN5/c1-16-8-9-18(14-20(16)28-25-2)22-15-27-23-10-11-24(29-31(22)23)30-12-4-7-21(30)17-5-3-6-19(26)13-17/h3,5-6,8-11,13-15,21,28H,2,4,7,12H2,1H3. The normalized spacial score (nSPS) is 15.9. The number of rotatable bonds is 5. The molecule has 1 atom stereocenters. The topological polar surface area (TPSA) is 45.5 Å². The van der Waals surface area contributed by atoms with E-state index in [4.69, 9.17) is 5.10 Å². The van der Waals surface area contributed by atoms with Gasteiger partial charge in [-0.2, -0.15) is 0 Å². The van der Waals surface area contributed by atoms with Crippen LogP contribution in [0.15, 0.2) is 60.8 Å². The van der Waals surface area contributed by atoms with Crippen molar-refractivity contribution in [3.63, 3.8) is 0 Å². The summed E-state index contributed by atoms with van der Waals surface area (Å²) >= 11 is 0. The predicted molar refractivity (Wildman–Crippen MR) is 125 cm³/mol. The Hall–Kier alpha value is -3.48. The molecule has 2 aromatic heterocycles. The van der Waals surface area contributed by atoms with Gasteiger partial charge < -0.3 is 0 Å². The number of nitrogens with zero attached hydrogens (tertiary/aromatic N) is 4. The molecule has 31 heavy (non-hydrogen) atoms. The van der Waals surface area contributed by atoms with Gasteiger partial charge in [0.05, 0.1) is 0 Å². The van der Waals surface area contributed by atoms with Crippen LogP contribution >= 0.6 is 0 Å². The molecule has 5 nitrogen and oxygen atoms in total. The quantitative estimate of drug-likeness (QED) is 0.486. The van der Waals surface area contributed by atoms with Crippen LogP contribution in [0.4, 0.5) is 15.9 Å². The number of halogens is 1. The summed E-state index contributed by atoms with van der Waals surface area (Å²) in [5.74, 6) is 0.669. The van der Waals surface area contributed by atoms with Gasteiger partial charge in [-0.1, -0.05) is 6.07 Å². The van der Waals surface area contributed by atoms with E-state index in [9.17, 15) is 4.39 Å². The first kappa shape index (κ1) is 19.5. The zero-order chi connectivity index (χ0) is 21.4. The van der Waals surface area contributed by atoms with Crippen LogP contribution in [0, 0.1) is 12.7 Å². The van der Waals surface area contributed by atoms with Gasteiger partial charge in [0.25, 0.3) is 0 Å². The number of hydrogen-bond donors (Lipinski definition) is 1. The third-order valence-electron chi connectivity index (χ3n) is 5.92. The maximum atomic E-state index is 13.8. The van der Waals surface area contributed by atoms with E-state index in [0.717, 1.165) is 58.9 Å². The molecule has 0 bridgehead atoms. The number of imidazole rings is 1. The van der Waals surface area contributed by atoms with Crippen molar-refractivity contribution in [1.82, 2.24) is 14.6 Å². The van der Waals surface area contributed by atoms with Crippen LogP contribution < -0.4 is 10.1 Å². The van der Waals surface area contributed by atoms with Crippen molar-refractivity contribution in [1.29, 1.82) is 0 Å². The Morgan fingerprint density at radius 2 is 2.06 bits per heavy atom. The summed E-state index contributed by atoms with van der Waals surface area (Å²) in [5.41, 5.74) is 5.87. The molecule has 7 heteroatoms. The zero-order valence-electron chi connectivity index (χ0n) is 17.4. The van der Waals surface area contributed by atoms with Crippen molar-refractivity contribution < 1.29 is 4.39 Å². The molecule has 0 radical (unpaired) electrons. The minimum absolute atomic E-state index is 0.121. The Labute approximate surface area is 181 Å². The van der Waals surface area contributed by atoms with Gasteiger partial charge in [-0.05, 0) is 6.07 Å². The van der Waals surface area contributed by atoms with Crippen LogP contribution in [0.2, 0.25) is 0 Å². The molecule has 1 unspecified atom stereocenters. The molecule has 5 rings (SSSR count). The van der Waals surface area contributed by atoms with E-state index in [0.29, 0.717) is 0 Å². The molecule has 0 aliphatic carbocycles. The van der Waals surface area contributed by atoms with Crippen LogP contribution in [0.3, 0.4) is 0 Å². The second kappa shape index (κ2) is 7.98. The molecule has 1 fully saturated rings. The van der Waals surface area contributed by atoms with Crippen LogP contribution in [0.25, 0.3) is 16.9 Å². The first-order valence-corrected chi connectivity index (χ1v) is 10.5. The van der Waals surface area contributed by atoms with Gasteiger partial charge in [0.2, 0.25) is 0 Å². The van der Waals surface area contributed by atoms with Gasteiger partial charge in [-0.25, -0.2) is 4.39 Å². The van der Waals surface area contributed by atoms with Crippen LogP contribution in [0.5, 0.6) is 0 Å². The van der Waals surface area contributed by atoms with Gasteiger partial charge in [-0.3, -0.25) is 0 Å². The summed E-state index contributed by atoms with van der Waals surface area (Å²) < 4.78 is 15.7. The molecular weight excluding hydrogens is 388 g/mol. The first-order valence-electron chi connectivity index (χ1n) is 10.5. The van der Waals surface area contributed by atoms with Crippen LogP contribution in [-0.4, -0.2) is 34.7 Å². The van der Waals surface area contributed by atoms with Gasteiger partial charge in [0.15, 0.2) is 0 Å². The number of fused-ring (bicyclic) bond motifs is 1. The molecule has 2 aromatic carbocycles. The van der Waals surface area contributed by atoms with E-state index < -0.39 is 0 Å². The summed E-state index contributed by atoms with van der Waals surface area (Å²) in [5, 5.41) is 8.12. The van der Waals surface area contributed by atoms with Gasteiger partial charge in [-0.15, -0.1) is 0 Å². The third kappa shape index (κ3) is 3.60. The number of hydrogen-bond acceptors (Lipinski definition) is 4. The van der Waals surface area contributed by atoms with E-state index in [1.54, 1.807) is 19.2 Å². The van der Waals surface area contributed by atoms with Gasteiger partial charge in [0.1, 0.15) is 5.82 Å². The number of aromatic nitrogens is 3. The Bertz CT molecular complexity index is 1270. The fourth-order valence-electron chi connectivity index (χ4n) is 4.36. The summed E-state index contributed by atoms with van der Waals surface area (Å²) in [6.07, 6.45) is 3.88. The Kier molecular flexibility index (Phi) is 5.02. The number of nitrogens with one attached hydrogen (secondary N) is 1. The SMILES string of the molecule is C=BNc1cc(-c2cnc3ccc(N4CCCC4c4cccc(F)c4)nn23)ccc1C.